The first-order valence-corrected chi connectivity index (χ1v) is 8.72. The molecule has 5 nitrogen and oxygen atoms in total. The predicted molar refractivity (Wildman–Crippen MR) is 75.1 cm³/mol. The summed E-state index contributed by atoms with van der Waals surface area (Å²) in [5.41, 5.74) is 6.52. The highest BCUT2D eigenvalue weighted by molar-refractivity contribution is 7.99. The quantitative estimate of drug-likeness (QED) is 0.776. The minimum absolute atomic E-state index is 0.0420. The van der Waals surface area contributed by atoms with Crippen LogP contribution in [0.2, 0.25) is 0 Å². The highest BCUT2D eigenvalue weighted by atomic mass is 32.2. The van der Waals surface area contributed by atoms with Gasteiger partial charge in [0.15, 0.2) is 9.84 Å². The molecule has 0 aliphatic rings. The summed E-state index contributed by atoms with van der Waals surface area (Å²) in [4.78, 5) is 11.4. The Morgan fingerprint density at radius 3 is 2.58 bits per heavy atom. The van der Waals surface area contributed by atoms with Crippen LogP contribution in [0.15, 0.2) is 28.0 Å². The molecular formula is C12H17NO4S2. The van der Waals surface area contributed by atoms with Crippen molar-refractivity contribution in [2.45, 2.75) is 28.7 Å². The van der Waals surface area contributed by atoms with Crippen LogP contribution in [0.5, 0.6) is 0 Å². The van der Waals surface area contributed by atoms with Gasteiger partial charge in [-0.3, -0.25) is 4.79 Å². The Labute approximate surface area is 117 Å². The molecule has 0 fully saturated rings. The van der Waals surface area contributed by atoms with E-state index in [0.29, 0.717) is 10.5 Å². The topological polar surface area (TPSA) is 97.5 Å². The molecule has 0 heterocycles. The van der Waals surface area contributed by atoms with Gasteiger partial charge in [0.1, 0.15) is 0 Å². The number of carboxylic acid groups (broad SMARTS) is 1. The number of benzene rings is 1. The molecule has 0 spiro atoms. The van der Waals surface area contributed by atoms with Crippen molar-refractivity contribution in [2.24, 2.45) is 5.73 Å². The number of carbonyl (C=O) groups is 1. The summed E-state index contributed by atoms with van der Waals surface area (Å²) in [6, 6.07) is 4.50. The predicted octanol–water partition coefficient (Wildman–Crippen LogP) is 1.68. The molecule has 0 aromatic heterocycles. The Bertz CT molecular complexity index is 569. The van der Waals surface area contributed by atoms with Crippen LogP contribution in [0.1, 0.15) is 24.4 Å². The molecule has 1 unspecified atom stereocenters. The summed E-state index contributed by atoms with van der Waals surface area (Å²) in [6.07, 6.45) is 3.18. The molecule has 0 aliphatic heterocycles. The van der Waals surface area contributed by atoms with E-state index in [1.54, 1.807) is 18.4 Å². The van der Waals surface area contributed by atoms with E-state index in [9.17, 15) is 13.2 Å². The van der Waals surface area contributed by atoms with Crippen LogP contribution >= 0.6 is 11.8 Å². The van der Waals surface area contributed by atoms with E-state index in [2.05, 4.69) is 0 Å². The molecule has 1 atom stereocenters. The maximum absolute atomic E-state index is 11.7. The lowest BCUT2D eigenvalue weighted by molar-refractivity contribution is -0.137. The Kier molecular flexibility index (Phi) is 5.39. The maximum atomic E-state index is 11.7. The van der Waals surface area contributed by atoms with Gasteiger partial charge < -0.3 is 10.8 Å². The molecule has 1 aromatic rings. The monoisotopic (exact) mass is 303 g/mol. The Morgan fingerprint density at radius 1 is 1.47 bits per heavy atom. The van der Waals surface area contributed by atoms with Crippen molar-refractivity contribution in [2.75, 3.05) is 12.5 Å². The van der Waals surface area contributed by atoms with Crippen molar-refractivity contribution in [1.29, 1.82) is 0 Å². The van der Waals surface area contributed by atoms with Crippen LogP contribution in [-0.4, -0.2) is 32.0 Å². The van der Waals surface area contributed by atoms with E-state index >= 15 is 0 Å². The second kappa shape index (κ2) is 6.40. The van der Waals surface area contributed by atoms with E-state index in [1.807, 2.05) is 0 Å². The fraction of sp³-hybridized carbons (Fsp3) is 0.417. The first-order valence-electron chi connectivity index (χ1n) is 5.61. The zero-order valence-electron chi connectivity index (χ0n) is 10.8. The average molecular weight is 303 g/mol. The minimum atomic E-state index is -3.33. The average Bonchev–Trinajstić information content (AvgIpc) is 2.34. The summed E-state index contributed by atoms with van der Waals surface area (Å²) in [7, 11) is -3.33. The summed E-state index contributed by atoms with van der Waals surface area (Å²) in [6.45, 7) is 0. The summed E-state index contributed by atoms with van der Waals surface area (Å²) >= 11 is 1.35. The molecule has 106 valence electrons. The van der Waals surface area contributed by atoms with Crippen LogP contribution in [-0.2, 0) is 14.6 Å². The Morgan fingerprint density at radius 2 is 2.11 bits per heavy atom. The molecular weight excluding hydrogens is 286 g/mol. The lowest BCUT2D eigenvalue weighted by atomic mass is 10.0. The van der Waals surface area contributed by atoms with Gasteiger partial charge >= 0.3 is 5.97 Å². The van der Waals surface area contributed by atoms with Crippen LogP contribution in [0.4, 0.5) is 0 Å². The maximum Gasteiger partial charge on any atom is 0.303 e. The van der Waals surface area contributed by atoms with E-state index in [1.165, 1.54) is 17.8 Å². The molecule has 0 saturated heterocycles. The van der Waals surface area contributed by atoms with Crippen LogP contribution in [0.25, 0.3) is 0 Å². The van der Waals surface area contributed by atoms with Gasteiger partial charge in [0.2, 0.25) is 0 Å². The van der Waals surface area contributed by atoms with Gasteiger partial charge in [-0.25, -0.2) is 8.42 Å². The van der Waals surface area contributed by atoms with Crippen molar-refractivity contribution in [1.82, 2.24) is 0 Å². The van der Waals surface area contributed by atoms with Crippen LogP contribution in [0.3, 0.4) is 0 Å². The van der Waals surface area contributed by atoms with Crippen molar-refractivity contribution in [3.05, 3.63) is 23.8 Å². The zero-order chi connectivity index (χ0) is 14.6. The lowest BCUT2D eigenvalue weighted by Gasteiger charge is -2.14. The van der Waals surface area contributed by atoms with Crippen molar-refractivity contribution in [3.63, 3.8) is 0 Å². The number of thioether (sulfide) groups is 1. The second-order valence-corrected chi connectivity index (χ2v) is 7.05. The van der Waals surface area contributed by atoms with Crippen molar-refractivity contribution >= 4 is 27.6 Å². The number of nitrogens with two attached hydrogens (primary N) is 1. The summed E-state index contributed by atoms with van der Waals surface area (Å²) in [5, 5.41) is 8.62. The van der Waals surface area contributed by atoms with Gasteiger partial charge in [0, 0.05) is 23.6 Å². The normalized spacial score (nSPS) is 13.2. The summed E-state index contributed by atoms with van der Waals surface area (Å²) < 4.78 is 23.4. The highest BCUT2D eigenvalue weighted by Crippen LogP contribution is 2.28. The standard InChI is InChI=1S/C12H17NO4S2/c1-18-10-5-3-8(7-11(10)19(2,16)17)9(13)4-6-12(14)15/h3,5,7,9H,4,6,13H2,1-2H3,(H,14,15). The van der Waals surface area contributed by atoms with Gasteiger partial charge in [0.25, 0.3) is 0 Å². The first-order chi connectivity index (χ1) is 8.75. The number of hydrogen-bond donors (Lipinski definition) is 2. The molecule has 0 radical (unpaired) electrons. The van der Waals surface area contributed by atoms with E-state index in [-0.39, 0.29) is 17.7 Å². The number of sulfone groups is 1. The van der Waals surface area contributed by atoms with Crippen LogP contribution < -0.4 is 5.73 Å². The lowest BCUT2D eigenvalue weighted by Crippen LogP contribution is -2.13. The van der Waals surface area contributed by atoms with Gasteiger partial charge in [-0.1, -0.05) is 6.07 Å². The van der Waals surface area contributed by atoms with Gasteiger partial charge in [-0.05, 0) is 30.4 Å². The molecule has 19 heavy (non-hydrogen) atoms. The molecule has 1 aromatic carbocycles. The molecule has 0 amide bonds. The highest BCUT2D eigenvalue weighted by Gasteiger charge is 2.16. The van der Waals surface area contributed by atoms with Gasteiger partial charge in [0.05, 0.1) is 4.90 Å². The molecule has 7 heteroatoms. The van der Waals surface area contributed by atoms with Gasteiger partial charge in [-0.15, -0.1) is 11.8 Å². The minimum Gasteiger partial charge on any atom is -0.481 e. The SMILES string of the molecule is CSc1ccc(C(N)CCC(=O)O)cc1S(C)(=O)=O. The molecule has 0 aliphatic carbocycles. The van der Waals surface area contributed by atoms with E-state index in [0.717, 1.165) is 6.26 Å². The van der Waals surface area contributed by atoms with Gasteiger partial charge in [-0.2, -0.15) is 0 Å². The number of rotatable bonds is 6. The third-order valence-corrected chi connectivity index (χ3v) is 4.75. The zero-order valence-corrected chi connectivity index (χ0v) is 12.4. The fourth-order valence-electron chi connectivity index (χ4n) is 1.66. The molecule has 0 saturated carbocycles. The fourth-order valence-corrected chi connectivity index (χ4v) is 3.61. The van der Waals surface area contributed by atoms with Crippen molar-refractivity contribution < 1.29 is 18.3 Å². The number of aliphatic carboxylic acids is 1. The largest absolute Gasteiger partial charge is 0.481 e. The van der Waals surface area contributed by atoms with Crippen LogP contribution in [0, 0.1) is 0 Å². The first kappa shape index (κ1) is 16.0. The smallest absolute Gasteiger partial charge is 0.303 e. The molecule has 1 rings (SSSR count). The Balaban J connectivity index is 3.08. The second-order valence-electron chi connectivity index (χ2n) is 4.22. The molecule has 0 bridgehead atoms. The molecule has 3 N–H and O–H groups in total. The third kappa shape index (κ3) is 4.52. The van der Waals surface area contributed by atoms with E-state index in [4.69, 9.17) is 10.8 Å². The summed E-state index contributed by atoms with van der Waals surface area (Å²) in [5.74, 6) is -0.917. The Hall–Kier alpha value is -1.05. The number of hydrogen-bond acceptors (Lipinski definition) is 5. The number of carboxylic acids is 1. The van der Waals surface area contributed by atoms with Crippen molar-refractivity contribution in [3.8, 4) is 0 Å². The van der Waals surface area contributed by atoms with E-state index < -0.39 is 21.8 Å². The third-order valence-electron chi connectivity index (χ3n) is 2.68.